The molecule has 0 aromatic rings. The molecule has 0 unspecified atom stereocenters. The first-order valence-electron chi connectivity index (χ1n) is 8.95. The molecule has 0 spiro atoms. The molecule has 0 aromatic heterocycles. The van der Waals surface area contributed by atoms with Crippen LogP contribution < -0.4 is 0 Å². The van der Waals surface area contributed by atoms with Crippen LogP contribution in [0.3, 0.4) is 0 Å². The van der Waals surface area contributed by atoms with Crippen molar-refractivity contribution < 1.29 is 14.6 Å². The Balaban J connectivity index is 1.94. The normalized spacial score (nSPS) is 46.4. The molecule has 1 N–H and O–H groups in total. The molecule has 0 bridgehead atoms. The summed E-state index contributed by atoms with van der Waals surface area (Å²) in [5.74, 6) is 0.963. The molecule has 3 aliphatic rings. The van der Waals surface area contributed by atoms with Gasteiger partial charge >= 0.3 is 0 Å². The van der Waals surface area contributed by atoms with E-state index in [0.29, 0.717) is 18.3 Å². The third kappa shape index (κ3) is 2.94. The van der Waals surface area contributed by atoms with Crippen LogP contribution in [0, 0.1) is 17.3 Å². The Kier molecular flexibility index (Phi) is 4.09. The summed E-state index contributed by atoms with van der Waals surface area (Å²) in [7, 11) is 0. The molecule has 23 heavy (non-hydrogen) atoms. The Hall–Kier alpha value is -0.930. The van der Waals surface area contributed by atoms with Crippen LogP contribution in [0.4, 0.5) is 0 Å². The van der Waals surface area contributed by atoms with E-state index < -0.39 is 6.10 Å². The monoisotopic (exact) mass is 318 g/mol. The lowest BCUT2D eigenvalue weighted by molar-refractivity contribution is -0.124. The van der Waals surface area contributed by atoms with Crippen molar-refractivity contribution >= 4 is 5.78 Å². The van der Waals surface area contributed by atoms with Gasteiger partial charge in [0, 0.05) is 11.8 Å². The predicted molar refractivity (Wildman–Crippen MR) is 91.0 cm³/mol. The Labute approximate surface area is 139 Å². The molecule has 5 atom stereocenters. The lowest BCUT2D eigenvalue weighted by Crippen LogP contribution is -2.34. The molecule has 128 valence electrons. The van der Waals surface area contributed by atoms with Gasteiger partial charge < -0.3 is 9.84 Å². The van der Waals surface area contributed by atoms with E-state index in [-0.39, 0.29) is 22.9 Å². The van der Waals surface area contributed by atoms with Crippen LogP contribution in [0.2, 0.25) is 0 Å². The highest BCUT2D eigenvalue weighted by Gasteiger charge is 2.58. The molecule has 1 fully saturated rings. The number of epoxide rings is 1. The van der Waals surface area contributed by atoms with Gasteiger partial charge in [0.05, 0.1) is 17.8 Å². The number of aliphatic hydroxyl groups excluding tert-OH is 1. The zero-order valence-corrected chi connectivity index (χ0v) is 15.1. The zero-order valence-electron chi connectivity index (χ0n) is 15.1. The van der Waals surface area contributed by atoms with Gasteiger partial charge in [-0.1, -0.05) is 38.0 Å². The average molecular weight is 318 g/mol. The fourth-order valence-corrected chi connectivity index (χ4v) is 4.62. The van der Waals surface area contributed by atoms with E-state index in [1.807, 2.05) is 12.2 Å². The van der Waals surface area contributed by atoms with E-state index in [1.54, 1.807) is 0 Å². The van der Waals surface area contributed by atoms with Gasteiger partial charge in [-0.05, 0) is 51.0 Å². The van der Waals surface area contributed by atoms with Crippen LogP contribution in [0.5, 0.6) is 0 Å². The van der Waals surface area contributed by atoms with Gasteiger partial charge in [0.1, 0.15) is 0 Å². The number of carbonyl (C=O) groups excluding carboxylic acids is 1. The fourth-order valence-electron chi connectivity index (χ4n) is 4.62. The summed E-state index contributed by atoms with van der Waals surface area (Å²) < 4.78 is 5.94. The van der Waals surface area contributed by atoms with Crippen molar-refractivity contribution in [1.29, 1.82) is 0 Å². The van der Waals surface area contributed by atoms with Gasteiger partial charge in [0.25, 0.3) is 0 Å². The third-order valence-electron chi connectivity index (χ3n) is 6.26. The maximum atomic E-state index is 12.8. The molecular weight excluding hydrogens is 288 g/mol. The van der Waals surface area contributed by atoms with Crippen LogP contribution in [-0.2, 0) is 9.53 Å². The summed E-state index contributed by atoms with van der Waals surface area (Å²) in [6.45, 7) is 10.6. The van der Waals surface area contributed by atoms with E-state index in [1.165, 1.54) is 11.1 Å². The second-order valence-corrected chi connectivity index (χ2v) is 8.58. The van der Waals surface area contributed by atoms with E-state index in [4.69, 9.17) is 4.74 Å². The zero-order chi connectivity index (χ0) is 17.0. The molecule has 1 aliphatic heterocycles. The average Bonchev–Trinajstić information content (AvgIpc) is 2.95. The lowest BCUT2D eigenvalue weighted by Gasteiger charge is -2.33. The van der Waals surface area contributed by atoms with E-state index >= 15 is 0 Å². The Morgan fingerprint density at radius 3 is 2.65 bits per heavy atom. The number of allylic oxidation sites excluding steroid dienone is 3. The molecular formula is C20H30O3. The molecule has 0 saturated carbocycles. The number of rotatable bonds is 1. The smallest absolute Gasteiger partial charge is 0.162 e. The molecule has 0 aromatic carbocycles. The first kappa shape index (κ1) is 16.9. The molecule has 0 amide bonds. The van der Waals surface area contributed by atoms with Crippen LogP contribution in [0.25, 0.3) is 0 Å². The number of ketones is 1. The number of hydrogen-bond donors (Lipinski definition) is 1. The van der Waals surface area contributed by atoms with Gasteiger partial charge in [0.2, 0.25) is 0 Å². The van der Waals surface area contributed by atoms with Crippen molar-refractivity contribution in [3.05, 3.63) is 23.3 Å². The van der Waals surface area contributed by atoms with Gasteiger partial charge in [0.15, 0.2) is 5.78 Å². The summed E-state index contributed by atoms with van der Waals surface area (Å²) in [6, 6.07) is 0. The van der Waals surface area contributed by atoms with Crippen molar-refractivity contribution in [2.75, 3.05) is 0 Å². The largest absolute Gasteiger partial charge is 0.389 e. The third-order valence-corrected chi connectivity index (χ3v) is 6.26. The number of carbonyl (C=O) groups is 1. The SMILES string of the molecule is C/C1=C\[C@H](O)C[C@]2(C)O[C@H]2C[C@@]2(C)C(=O)C=C(C(C)C)[C@H]2CC1. The van der Waals surface area contributed by atoms with Crippen LogP contribution in [0.1, 0.15) is 60.3 Å². The van der Waals surface area contributed by atoms with E-state index in [9.17, 15) is 9.90 Å². The highest BCUT2D eigenvalue weighted by molar-refractivity contribution is 5.98. The Morgan fingerprint density at radius 1 is 1.30 bits per heavy atom. The fraction of sp³-hybridized carbons (Fsp3) is 0.750. The van der Waals surface area contributed by atoms with Gasteiger partial charge in [-0.15, -0.1) is 0 Å². The minimum atomic E-state index is -0.452. The number of hydrogen-bond acceptors (Lipinski definition) is 3. The maximum absolute atomic E-state index is 12.8. The van der Waals surface area contributed by atoms with E-state index in [0.717, 1.165) is 19.3 Å². The summed E-state index contributed by atoms with van der Waals surface area (Å²) in [6.07, 6.45) is 6.82. The number of aliphatic hydroxyl groups is 1. The first-order valence-corrected chi connectivity index (χ1v) is 8.95. The quantitative estimate of drug-likeness (QED) is 0.591. The maximum Gasteiger partial charge on any atom is 0.162 e. The molecule has 3 heteroatoms. The lowest BCUT2D eigenvalue weighted by atomic mass is 9.68. The van der Waals surface area contributed by atoms with Crippen LogP contribution in [0.15, 0.2) is 23.3 Å². The van der Waals surface area contributed by atoms with Crippen LogP contribution in [-0.4, -0.2) is 28.7 Å². The summed E-state index contributed by atoms with van der Waals surface area (Å²) in [4.78, 5) is 12.8. The molecule has 1 saturated heterocycles. The van der Waals surface area contributed by atoms with Crippen molar-refractivity contribution in [3.63, 3.8) is 0 Å². The van der Waals surface area contributed by atoms with Crippen LogP contribution >= 0.6 is 0 Å². The summed E-state index contributed by atoms with van der Waals surface area (Å²) in [5.41, 5.74) is 1.88. The summed E-state index contributed by atoms with van der Waals surface area (Å²) in [5, 5.41) is 10.3. The molecule has 3 rings (SSSR count). The van der Waals surface area contributed by atoms with E-state index in [2.05, 4.69) is 34.6 Å². The van der Waals surface area contributed by atoms with Crippen molar-refractivity contribution in [2.45, 2.75) is 78.1 Å². The second kappa shape index (κ2) is 5.56. The predicted octanol–water partition coefficient (Wildman–Crippen LogP) is 3.81. The molecule has 0 radical (unpaired) electrons. The Morgan fingerprint density at radius 2 is 2.00 bits per heavy atom. The number of fused-ring (bicyclic) bond motifs is 2. The number of ether oxygens (including phenoxy) is 1. The molecule has 1 heterocycles. The minimum absolute atomic E-state index is 0.0836. The standard InChI is InChI=1S/C20H30O3/c1-12(2)15-9-17(22)19(4)11-18-20(5,23-18)10-14(21)8-13(3)6-7-16(15)19/h8-9,12,14,16,18,21H,6-7,10-11H2,1-5H3/b13-8+/t14-,16+,18-,19+,20-/m0/s1. The minimum Gasteiger partial charge on any atom is -0.389 e. The summed E-state index contributed by atoms with van der Waals surface area (Å²) >= 11 is 0. The van der Waals surface area contributed by atoms with Gasteiger partial charge in [-0.25, -0.2) is 0 Å². The topological polar surface area (TPSA) is 49.8 Å². The second-order valence-electron chi connectivity index (χ2n) is 8.58. The highest BCUT2D eigenvalue weighted by Crippen LogP contribution is 2.54. The van der Waals surface area contributed by atoms with Crippen molar-refractivity contribution in [3.8, 4) is 0 Å². The Bertz CT molecular complexity index is 573. The van der Waals surface area contributed by atoms with Crippen molar-refractivity contribution in [2.24, 2.45) is 17.3 Å². The van der Waals surface area contributed by atoms with Gasteiger partial charge in [-0.2, -0.15) is 0 Å². The first-order chi connectivity index (χ1) is 10.7. The van der Waals surface area contributed by atoms with Crippen molar-refractivity contribution in [1.82, 2.24) is 0 Å². The van der Waals surface area contributed by atoms with Gasteiger partial charge in [-0.3, -0.25) is 4.79 Å². The highest BCUT2D eigenvalue weighted by atomic mass is 16.6. The molecule has 2 aliphatic carbocycles. The molecule has 3 nitrogen and oxygen atoms in total.